The fourth-order valence-corrected chi connectivity index (χ4v) is 4.51. The predicted molar refractivity (Wildman–Crippen MR) is 127 cm³/mol. The number of aromatic carboxylic acids is 1. The van der Waals surface area contributed by atoms with Crippen molar-refractivity contribution in [2.45, 2.75) is 6.04 Å². The van der Waals surface area contributed by atoms with Crippen LogP contribution >= 0.6 is 0 Å². The Bertz CT molecular complexity index is 1310. The quantitative estimate of drug-likeness (QED) is 0.403. The fourth-order valence-electron chi connectivity index (χ4n) is 4.51. The average molecular weight is 435 g/mol. The van der Waals surface area contributed by atoms with Crippen LogP contribution in [0.2, 0.25) is 0 Å². The number of carbonyl (C=O) groups is 2. The van der Waals surface area contributed by atoms with Gasteiger partial charge in [-0.3, -0.25) is 4.90 Å². The van der Waals surface area contributed by atoms with Crippen molar-refractivity contribution in [1.29, 1.82) is 0 Å². The summed E-state index contributed by atoms with van der Waals surface area (Å²) in [6, 6.07) is 30.2. The van der Waals surface area contributed by atoms with Crippen LogP contribution in [0.25, 0.3) is 22.3 Å². The van der Waals surface area contributed by atoms with Crippen molar-refractivity contribution in [3.63, 3.8) is 0 Å². The maximum Gasteiger partial charge on any atom is 0.414 e. The number of carbonyl (C=O) groups excluding carboxylic acids is 1. The number of hydrogen-bond acceptors (Lipinski definition) is 3. The van der Waals surface area contributed by atoms with Gasteiger partial charge in [-0.2, -0.15) is 0 Å². The smallest absolute Gasteiger partial charge is 0.414 e. The van der Waals surface area contributed by atoms with Crippen molar-refractivity contribution >= 4 is 17.7 Å². The predicted octanol–water partition coefficient (Wildman–Crippen LogP) is 6.39. The van der Waals surface area contributed by atoms with E-state index >= 15 is 0 Å². The Morgan fingerprint density at radius 3 is 1.94 bits per heavy atom. The van der Waals surface area contributed by atoms with Crippen LogP contribution in [0.15, 0.2) is 97.1 Å². The van der Waals surface area contributed by atoms with Gasteiger partial charge in [-0.05, 0) is 57.6 Å². The lowest BCUT2D eigenvalue weighted by Crippen LogP contribution is -2.34. The number of methoxy groups -OCH3 is 1. The summed E-state index contributed by atoms with van der Waals surface area (Å²) in [4.78, 5) is 26.0. The second kappa shape index (κ2) is 8.28. The highest BCUT2D eigenvalue weighted by atomic mass is 16.5. The highest BCUT2D eigenvalue weighted by Gasteiger charge is 2.36. The van der Waals surface area contributed by atoms with Gasteiger partial charge in [-0.25, -0.2) is 9.59 Å². The van der Waals surface area contributed by atoms with E-state index in [9.17, 15) is 14.7 Å². The van der Waals surface area contributed by atoms with Gasteiger partial charge in [0.05, 0.1) is 18.7 Å². The summed E-state index contributed by atoms with van der Waals surface area (Å²) in [5, 5.41) is 9.17. The highest BCUT2D eigenvalue weighted by Crippen LogP contribution is 2.47. The number of nitrogens with zero attached hydrogens (tertiary/aromatic N) is 1. The Labute approximate surface area is 191 Å². The van der Waals surface area contributed by atoms with Crippen LogP contribution in [0.5, 0.6) is 0 Å². The molecule has 1 aliphatic rings. The topological polar surface area (TPSA) is 66.8 Å². The van der Waals surface area contributed by atoms with E-state index in [1.165, 1.54) is 7.11 Å². The first-order valence-electron chi connectivity index (χ1n) is 10.6. The van der Waals surface area contributed by atoms with Gasteiger partial charge in [0.15, 0.2) is 0 Å². The van der Waals surface area contributed by atoms with E-state index in [0.717, 1.165) is 33.4 Å². The molecule has 5 rings (SSSR count). The molecule has 0 spiro atoms. The van der Waals surface area contributed by atoms with E-state index < -0.39 is 12.1 Å². The largest absolute Gasteiger partial charge is 0.478 e. The van der Waals surface area contributed by atoms with Gasteiger partial charge in [0, 0.05) is 5.69 Å². The van der Waals surface area contributed by atoms with Crippen LogP contribution in [0.1, 0.15) is 27.5 Å². The van der Waals surface area contributed by atoms with Crippen LogP contribution < -0.4 is 4.90 Å². The monoisotopic (exact) mass is 435 g/mol. The Balaban J connectivity index is 1.63. The number of carboxylic acid groups (broad SMARTS) is 1. The van der Waals surface area contributed by atoms with Crippen LogP contribution in [0.4, 0.5) is 10.5 Å². The SMILES string of the molecule is COC(=O)N(c1cccc(-c2ccc(C(=O)O)cc2)c1)C1c2ccccc2-c2ccccc21. The minimum absolute atomic E-state index is 0.227. The minimum atomic E-state index is -0.967. The molecule has 5 nitrogen and oxygen atoms in total. The van der Waals surface area contributed by atoms with Crippen molar-refractivity contribution in [3.05, 3.63) is 114 Å². The molecule has 1 N–H and O–H groups in total. The normalized spacial score (nSPS) is 12.0. The zero-order chi connectivity index (χ0) is 22.9. The molecule has 0 unspecified atom stereocenters. The molecular weight excluding hydrogens is 414 g/mol. The van der Waals surface area contributed by atoms with Crippen molar-refractivity contribution in [1.82, 2.24) is 0 Å². The number of anilines is 1. The van der Waals surface area contributed by atoms with E-state index in [1.54, 1.807) is 29.2 Å². The maximum atomic E-state index is 13.1. The summed E-state index contributed by atoms with van der Waals surface area (Å²) in [5.74, 6) is -0.967. The number of fused-ring (bicyclic) bond motifs is 3. The summed E-state index contributed by atoms with van der Waals surface area (Å²) in [6.07, 6.45) is -0.454. The number of rotatable bonds is 4. The number of amides is 1. The average Bonchev–Trinajstić information content (AvgIpc) is 3.19. The van der Waals surface area contributed by atoms with Crippen molar-refractivity contribution in [2.75, 3.05) is 12.0 Å². The first-order valence-corrected chi connectivity index (χ1v) is 10.6. The number of benzene rings is 4. The molecule has 0 fully saturated rings. The zero-order valence-corrected chi connectivity index (χ0v) is 17.9. The van der Waals surface area contributed by atoms with Gasteiger partial charge >= 0.3 is 12.1 Å². The number of carboxylic acids is 1. The molecule has 4 aromatic rings. The highest BCUT2D eigenvalue weighted by molar-refractivity contribution is 5.94. The first kappa shape index (κ1) is 20.5. The van der Waals surface area contributed by atoms with Crippen molar-refractivity contribution < 1.29 is 19.4 Å². The maximum absolute atomic E-state index is 13.1. The first-order chi connectivity index (χ1) is 16.1. The Kier molecular flexibility index (Phi) is 5.15. The van der Waals surface area contributed by atoms with Crippen LogP contribution in [-0.2, 0) is 4.74 Å². The van der Waals surface area contributed by atoms with Gasteiger partial charge in [0.25, 0.3) is 0 Å². The second-order valence-corrected chi connectivity index (χ2v) is 7.85. The third-order valence-electron chi connectivity index (χ3n) is 6.02. The van der Waals surface area contributed by atoms with Crippen LogP contribution in [0, 0.1) is 0 Å². The molecule has 5 heteroatoms. The molecule has 0 aromatic heterocycles. The molecule has 0 aliphatic heterocycles. The lowest BCUT2D eigenvalue weighted by molar-refractivity contribution is 0.0697. The van der Waals surface area contributed by atoms with Gasteiger partial charge < -0.3 is 9.84 Å². The fraction of sp³-hybridized carbons (Fsp3) is 0.0714. The Hall–Kier alpha value is -4.38. The van der Waals surface area contributed by atoms with E-state index in [1.807, 2.05) is 60.7 Å². The molecule has 33 heavy (non-hydrogen) atoms. The van der Waals surface area contributed by atoms with Gasteiger partial charge in [0.1, 0.15) is 0 Å². The summed E-state index contributed by atoms with van der Waals surface area (Å²) in [7, 11) is 1.39. The summed E-state index contributed by atoms with van der Waals surface area (Å²) in [6.45, 7) is 0. The lowest BCUT2D eigenvalue weighted by Gasteiger charge is -2.29. The number of hydrogen-bond donors (Lipinski definition) is 1. The molecule has 0 atom stereocenters. The van der Waals surface area contributed by atoms with E-state index in [4.69, 9.17) is 4.74 Å². The van der Waals surface area contributed by atoms with Gasteiger partial charge in [0.2, 0.25) is 0 Å². The zero-order valence-electron chi connectivity index (χ0n) is 17.9. The Morgan fingerprint density at radius 1 is 0.758 bits per heavy atom. The molecular formula is C28H21NO4. The van der Waals surface area contributed by atoms with Crippen molar-refractivity contribution in [3.8, 4) is 22.3 Å². The molecule has 0 saturated carbocycles. The molecule has 4 aromatic carbocycles. The van der Waals surface area contributed by atoms with Crippen LogP contribution in [-0.4, -0.2) is 24.3 Å². The standard InChI is InChI=1S/C28H21NO4/c1-33-28(32)29(26-24-11-4-2-9-22(24)23-10-3-5-12-25(23)26)21-8-6-7-20(17-21)18-13-15-19(16-14-18)27(30)31/h2-17,26H,1H3,(H,30,31). The second-order valence-electron chi connectivity index (χ2n) is 7.85. The van der Waals surface area contributed by atoms with Crippen molar-refractivity contribution in [2.24, 2.45) is 0 Å². The Morgan fingerprint density at radius 2 is 1.36 bits per heavy atom. The molecule has 0 radical (unpaired) electrons. The molecule has 1 amide bonds. The minimum Gasteiger partial charge on any atom is -0.478 e. The van der Waals surface area contributed by atoms with E-state index in [2.05, 4.69) is 12.1 Å². The number of ether oxygens (including phenoxy) is 1. The molecule has 0 bridgehead atoms. The molecule has 1 aliphatic carbocycles. The molecule has 0 saturated heterocycles. The van der Waals surface area contributed by atoms with Gasteiger partial charge in [-0.1, -0.05) is 72.8 Å². The summed E-state index contributed by atoms with van der Waals surface area (Å²) >= 11 is 0. The lowest BCUT2D eigenvalue weighted by atomic mass is 10.0. The van der Waals surface area contributed by atoms with Gasteiger partial charge in [-0.15, -0.1) is 0 Å². The third-order valence-corrected chi connectivity index (χ3v) is 6.02. The van der Waals surface area contributed by atoms with E-state index in [0.29, 0.717) is 5.69 Å². The summed E-state index contributed by atoms with van der Waals surface area (Å²) < 4.78 is 5.22. The molecule has 0 heterocycles. The molecule has 162 valence electrons. The third kappa shape index (κ3) is 3.53. The summed E-state index contributed by atoms with van der Waals surface area (Å²) in [5.41, 5.74) is 6.95. The van der Waals surface area contributed by atoms with E-state index in [-0.39, 0.29) is 11.6 Å². The van der Waals surface area contributed by atoms with Crippen LogP contribution in [0.3, 0.4) is 0 Å².